The van der Waals surface area contributed by atoms with Gasteiger partial charge in [-0.2, -0.15) is 0 Å². The molecule has 6 rings (SSSR count). The van der Waals surface area contributed by atoms with E-state index in [9.17, 15) is 9.50 Å². The van der Waals surface area contributed by atoms with E-state index < -0.39 is 5.72 Å². The van der Waals surface area contributed by atoms with Crippen molar-refractivity contribution in [2.45, 2.75) is 32.1 Å². The van der Waals surface area contributed by atoms with Crippen molar-refractivity contribution in [3.05, 3.63) is 82.7 Å². The molecule has 0 spiro atoms. The predicted octanol–water partition coefficient (Wildman–Crippen LogP) is 3.88. The Hall–Kier alpha value is -3.65. The second-order valence-electron chi connectivity index (χ2n) is 8.54. The van der Waals surface area contributed by atoms with E-state index in [0.717, 1.165) is 46.8 Å². The molecule has 1 atom stereocenters. The number of aliphatic hydroxyl groups is 1. The van der Waals surface area contributed by atoms with Crippen LogP contribution in [0.1, 0.15) is 35.4 Å². The van der Waals surface area contributed by atoms with Gasteiger partial charge in [0.15, 0.2) is 5.84 Å². The third-order valence-electron chi connectivity index (χ3n) is 6.62. The van der Waals surface area contributed by atoms with E-state index in [2.05, 4.69) is 20.8 Å². The minimum atomic E-state index is -1.14. The maximum absolute atomic E-state index is 13.5. The molecule has 0 amide bonds. The van der Waals surface area contributed by atoms with Gasteiger partial charge in [-0.25, -0.2) is 9.37 Å². The molecule has 1 fully saturated rings. The highest BCUT2D eigenvalue weighted by atomic mass is 19.1. The van der Waals surface area contributed by atoms with Crippen molar-refractivity contribution in [1.29, 1.82) is 0 Å². The summed E-state index contributed by atoms with van der Waals surface area (Å²) in [6.07, 6.45) is 5.64. The molecule has 0 bridgehead atoms. The molecule has 1 aromatic heterocycles. The summed E-state index contributed by atoms with van der Waals surface area (Å²) in [5.41, 5.74) is 4.56. The number of hydrogen-bond donors (Lipinski definition) is 1. The predicted molar refractivity (Wildman–Crippen MR) is 120 cm³/mol. The molecule has 0 radical (unpaired) electrons. The topological polar surface area (TPSA) is 72.1 Å². The van der Waals surface area contributed by atoms with Gasteiger partial charge < -0.3 is 19.6 Å². The summed E-state index contributed by atoms with van der Waals surface area (Å²) in [6, 6.07) is 12.1. The molecule has 1 N–H and O–H groups in total. The van der Waals surface area contributed by atoms with Gasteiger partial charge in [0.2, 0.25) is 0 Å². The first-order valence-electron chi connectivity index (χ1n) is 11.0. The number of amidine groups is 1. The van der Waals surface area contributed by atoms with Gasteiger partial charge in [-0.1, -0.05) is 11.2 Å². The molecule has 2 aromatic carbocycles. The molecule has 1 saturated heterocycles. The molecule has 3 aliphatic heterocycles. The van der Waals surface area contributed by atoms with E-state index in [4.69, 9.17) is 9.57 Å². The molecule has 8 heteroatoms. The number of benzene rings is 2. The second kappa shape index (κ2) is 7.45. The first-order valence-corrected chi connectivity index (χ1v) is 11.0. The number of fused-ring (bicyclic) bond motifs is 4. The number of nitrogens with zero attached hydrogens (tertiary/aromatic N) is 4. The van der Waals surface area contributed by atoms with Crippen LogP contribution in [0.4, 0.5) is 4.39 Å². The lowest BCUT2D eigenvalue weighted by Crippen LogP contribution is -2.51. The molecule has 0 unspecified atom stereocenters. The van der Waals surface area contributed by atoms with Crippen molar-refractivity contribution >= 4 is 11.9 Å². The number of aromatic nitrogens is 2. The number of aliphatic hydroxyl groups excluding tert-OH is 1. The quantitative estimate of drug-likeness (QED) is 0.661. The number of hydrogen-bond acceptors (Lipinski definition) is 6. The van der Waals surface area contributed by atoms with E-state index in [1.807, 2.05) is 36.4 Å². The fourth-order valence-corrected chi connectivity index (χ4v) is 4.83. The highest BCUT2D eigenvalue weighted by Crippen LogP contribution is 2.40. The Labute approximate surface area is 190 Å². The molecule has 0 aliphatic carbocycles. The van der Waals surface area contributed by atoms with Gasteiger partial charge in [-0.05, 0) is 73.4 Å². The molecule has 0 saturated carbocycles. The monoisotopic (exact) mass is 446 g/mol. The van der Waals surface area contributed by atoms with Crippen LogP contribution in [0.5, 0.6) is 5.75 Å². The van der Waals surface area contributed by atoms with Crippen molar-refractivity contribution < 1.29 is 19.1 Å². The van der Waals surface area contributed by atoms with E-state index >= 15 is 0 Å². The first-order chi connectivity index (χ1) is 16.1. The van der Waals surface area contributed by atoms with Gasteiger partial charge in [-0.15, -0.1) is 0 Å². The van der Waals surface area contributed by atoms with Crippen LogP contribution in [0.15, 0.2) is 59.5 Å². The van der Waals surface area contributed by atoms with Crippen LogP contribution < -0.4 is 4.74 Å². The summed E-state index contributed by atoms with van der Waals surface area (Å²) in [5, 5.41) is 14.6. The third kappa shape index (κ3) is 3.05. The average Bonchev–Trinajstić information content (AvgIpc) is 3.41. The van der Waals surface area contributed by atoms with Gasteiger partial charge in [0, 0.05) is 12.1 Å². The number of aryl methyl sites for hydroxylation is 1. The Morgan fingerprint density at radius 2 is 2.06 bits per heavy atom. The highest BCUT2D eigenvalue weighted by Gasteiger charge is 2.49. The zero-order valence-electron chi connectivity index (χ0n) is 18.2. The fourth-order valence-electron chi connectivity index (χ4n) is 4.83. The fraction of sp³-hybridized carbons (Fsp3) is 0.280. The summed E-state index contributed by atoms with van der Waals surface area (Å²) in [4.78, 5) is 12.2. The van der Waals surface area contributed by atoms with Gasteiger partial charge in [-0.3, -0.25) is 4.57 Å². The van der Waals surface area contributed by atoms with Crippen LogP contribution >= 0.6 is 0 Å². The van der Waals surface area contributed by atoms with Gasteiger partial charge in [0.1, 0.15) is 24.8 Å². The summed E-state index contributed by atoms with van der Waals surface area (Å²) < 4.78 is 21.5. The largest absolute Gasteiger partial charge is 0.485 e. The summed E-state index contributed by atoms with van der Waals surface area (Å²) in [7, 11) is 0. The van der Waals surface area contributed by atoms with Crippen LogP contribution in [0.25, 0.3) is 11.8 Å². The van der Waals surface area contributed by atoms with E-state index in [1.54, 1.807) is 12.1 Å². The third-order valence-corrected chi connectivity index (χ3v) is 6.62. The number of ether oxygens (including phenoxy) is 1. The number of halogens is 1. The van der Waals surface area contributed by atoms with Crippen molar-refractivity contribution in [1.82, 2.24) is 14.5 Å². The summed E-state index contributed by atoms with van der Waals surface area (Å²) >= 11 is 0. The Kier molecular flexibility index (Phi) is 4.51. The molecular formula is C25H23FN4O3. The standard InChI is InChI=1S/C25H23FN4O3/c1-16-22-13-32-23-12-17(4-9-21(23)29(22)15-27-16)11-18-3-2-10-30-24(18)28-33-25(30,14-31)19-5-7-20(26)8-6-19/h4-9,11-12,15,31H,2-3,10,13-14H2,1H3/t25-/m0/s1. The van der Waals surface area contributed by atoms with Gasteiger partial charge >= 0.3 is 0 Å². The van der Waals surface area contributed by atoms with Gasteiger partial charge in [0.05, 0.1) is 23.4 Å². The Balaban J connectivity index is 1.33. The first kappa shape index (κ1) is 20.0. The van der Waals surface area contributed by atoms with Gasteiger partial charge in [0.25, 0.3) is 5.72 Å². The minimum absolute atomic E-state index is 0.293. The van der Waals surface area contributed by atoms with Crippen molar-refractivity contribution in [3.8, 4) is 11.4 Å². The molecular weight excluding hydrogens is 423 g/mol. The van der Waals surface area contributed by atoms with Crippen LogP contribution in [0.2, 0.25) is 0 Å². The van der Waals surface area contributed by atoms with Crippen molar-refractivity contribution in [2.75, 3.05) is 13.2 Å². The summed E-state index contributed by atoms with van der Waals surface area (Å²) in [5.74, 6) is 1.17. The minimum Gasteiger partial charge on any atom is -0.485 e. The lowest BCUT2D eigenvalue weighted by molar-refractivity contribution is -0.137. The van der Waals surface area contributed by atoms with Crippen molar-refractivity contribution in [3.63, 3.8) is 0 Å². The molecule has 3 aromatic rings. The maximum atomic E-state index is 13.5. The number of oxime groups is 1. The smallest absolute Gasteiger partial charge is 0.260 e. The average molecular weight is 446 g/mol. The Morgan fingerprint density at radius 3 is 2.88 bits per heavy atom. The van der Waals surface area contributed by atoms with Crippen LogP contribution in [-0.2, 0) is 17.2 Å². The molecule has 7 nitrogen and oxygen atoms in total. The van der Waals surface area contributed by atoms with Crippen LogP contribution in [0.3, 0.4) is 0 Å². The molecule has 33 heavy (non-hydrogen) atoms. The number of piperidine rings is 1. The lowest BCUT2D eigenvalue weighted by Gasteiger charge is -2.38. The zero-order chi connectivity index (χ0) is 22.6. The molecule has 168 valence electrons. The normalized spacial score (nSPS) is 22.2. The van der Waals surface area contributed by atoms with Crippen molar-refractivity contribution in [2.24, 2.45) is 5.16 Å². The molecule has 3 aliphatic rings. The Bertz CT molecular complexity index is 1300. The lowest BCUT2D eigenvalue weighted by atomic mass is 9.94. The summed E-state index contributed by atoms with van der Waals surface area (Å²) in [6.45, 7) is 2.86. The Morgan fingerprint density at radius 1 is 1.21 bits per heavy atom. The van der Waals surface area contributed by atoms with Crippen LogP contribution in [0, 0.1) is 12.7 Å². The number of rotatable bonds is 3. The van der Waals surface area contributed by atoms with E-state index in [1.165, 1.54) is 12.1 Å². The van der Waals surface area contributed by atoms with E-state index in [0.29, 0.717) is 24.6 Å². The maximum Gasteiger partial charge on any atom is 0.260 e. The van der Waals surface area contributed by atoms with Crippen LogP contribution in [-0.4, -0.2) is 38.5 Å². The second-order valence-corrected chi connectivity index (χ2v) is 8.54. The zero-order valence-corrected chi connectivity index (χ0v) is 18.2. The van der Waals surface area contributed by atoms with E-state index in [-0.39, 0.29) is 12.4 Å². The highest BCUT2D eigenvalue weighted by molar-refractivity contribution is 6.03. The SMILES string of the molecule is Cc1ncn2c1COc1cc(C=C3CCCN4C3=NO[C@@]4(CO)c3ccc(F)cc3)ccc1-2. The molecule has 4 heterocycles. The number of imidazole rings is 1.